The molecule has 2 aromatic rings. The van der Waals surface area contributed by atoms with Crippen molar-refractivity contribution in [1.29, 1.82) is 0 Å². The lowest BCUT2D eigenvalue weighted by molar-refractivity contribution is -0.137. The van der Waals surface area contributed by atoms with Gasteiger partial charge in [0.25, 0.3) is 5.91 Å². The third kappa shape index (κ3) is 4.56. The Kier molecular flexibility index (Phi) is 6.60. The summed E-state index contributed by atoms with van der Waals surface area (Å²) < 4.78 is 41.4. The lowest BCUT2D eigenvalue weighted by Gasteiger charge is -2.35. The largest absolute Gasteiger partial charge is 0.417 e. The van der Waals surface area contributed by atoms with E-state index in [4.69, 9.17) is 0 Å². The highest BCUT2D eigenvalue weighted by Crippen LogP contribution is 2.37. The molecule has 162 valence electrons. The highest BCUT2D eigenvalue weighted by molar-refractivity contribution is 6.00. The van der Waals surface area contributed by atoms with Crippen molar-refractivity contribution in [2.75, 3.05) is 45.8 Å². The summed E-state index contributed by atoms with van der Waals surface area (Å²) in [6.45, 7) is 6.70. The molecule has 0 unspecified atom stereocenters. The first-order valence-corrected chi connectivity index (χ1v) is 10.0. The van der Waals surface area contributed by atoms with Crippen LogP contribution in [0.15, 0.2) is 30.5 Å². The predicted molar refractivity (Wildman–Crippen MR) is 107 cm³/mol. The molecule has 9 heteroatoms. The van der Waals surface area contributed by atoms with E-state index in [1.165, 1.54) is 23.1 Å². The van der Waals surface area contributed by atoms with Gasteiger partial charge in [0.05, 0.1) is 23.2 Å². The standard InChI is InChI=1S/C21H25F3N4O2/c1-3-27(4-2)18(29)14-26-9-11-28(12-10-26)20(30)16-13-25-17-8-6-5-7-15(17)19(16)21(22,23)24/h5-8,13H,3-4,9-12,14H2,1-2H3. The van der Waals surface area contributed by atoms with Crippen LogP contribution in [0.5, 0.6) is 0 Å². The summed E-state index contributed by atoms with van der Waals surface area (Å²) in [4.78, 5) is 34.3. The van der Waals surface area contributed by atoms with Crippen molar-refractivity contribution in [2.24, 2.45) is 0 Å². The average Bonchev–Trinajstić information content (AvgIpc) is 2.73. The van der Waals surface area contributed by atoms with Crippen LogP contribution in [0.1, 0.15) is 29.8 Å². The number of benzene rings is 1. The Morgan fingerprint density at radius 1 is 1.07 bits per heavy atom. The molecular weight excluding hydrogens is 397 g/mol. The molecule has 1 aromatic heterocycles. The van der Waals surface area contributed by atoms with Crippen molar-refractivity contribution in [3.05, 3.63) is 41.6 Å². The van der Waals surface area contributed by atoms with Crippen LogP contribution in [0, 0.1) is 0 Å². The number of halogens is 3. The number of para-hydroxylation sites is 1. The number of hydrogen-bond acceptors (Lipinski definition) is 4. The minimum absolute atomic E-state index is 0.0119. The van der Waals surface area contributed by atoms with Gasteiger partial charge in [-0.25, -0.2) is 0 Å². The molecule has 0 saturated carbocycles. The van der Waals surface area contributed by atoms with E-state index >= 15 is 0 Å². The molecular formula is C21H25F3N4O2. The van der Waals surface area contributed by atoms with Crippen molar-refractivity contribution in [3.63, 3.8) is 0 Å². The first-order chi connectivity index (χ1) is 14.3. The highest BCUT2D eigenvalue weighted by atomic mass is 19.4. The summed E-state index contributed by atoms with van der Waals surface area (Å²) >= 11 is 0. The smallest absolute Gasteiger partial charge is 0.342 e. The topological polar surface area (TPSA) is 56.8 Å². The fourth-order valence-corrected chi connectivity index (χ4v) is 3.76. The van der Waals surface area contributed by atoms with Gasteiger partial charge >= 0.3 is 6.18 Å². The van der Waals surface area contributed by atoms with E-state index in [1.54, 1.807) is 11.0 Å². The van der Waals surface area contributed by atoms with Crippen LogP contribution in [0.25, 0.3) is 10.9 Å². The molecule has 0 bridgehead atoms. The number of alkyl halides is 3. The quantitative estimate of drug-likeness (QED) is 0.744. The van der Waals surface area contributed by atoms with Crippen LogP contribution in [0.3, 0.4) is 0 Å². The molecule has 0 spiro atoms. The molecule has 0 radical (unpaired) electrons. The second-order valence-electron chi connectivity index (χ2n) is 7.20. The molecule has 1 fully saturated rings. The summed E-state index contributed by atoms with van der Waals surface area (Å²) in [6, 6.07) is 5.93. The predicted octanol–water partition coefficient (Wildman–Crippen LogP) is 2.88. The summed E-state index contributed by atoms with van der Waals surface area (Å²) in [5, 5.41) is -0.0840. The third-order valence-electron chi connectivity index (χ3n) is 5.42. The van der Waals surface area contributed by atoms with Gasteiger partial charge in [-0.3, -0.25) is 19.5 Å². The second kappa shape index (κ2) is 8.99. The van der Waals surface area contributed by atoms with Crippen LogP contribution in [0.2, 0.25) is 0 Å². The van der Waals surface area contributed by atoms with Crippen LogP contribution < -0.4 is 0 Å². The number of rotatable bonds is 5. The molecule has 0 aliphatic carbocycles. The van der Waals surface area contributed by atoms with Gasteiger partial charge in [0.15, 0.2) is 0 Å². The van der Waals surface area contributed by atoms with E-state index in [0.717, 1.165) is 6.20 Å². The minimum Gasteiger partial charge on any atom is -0.342 e. The number of hydrogen-bond donors (Lipinski definition) is 0. The van der Waals surface area contributed by atoms with Crippen molar-refractivity contribution in [1.82, 2.24) is 19.7 Å². The SMILES string of the molecule is CCN(CC)C(=O)CN1CCN(C(=O)c2cnc3ccccc3c2C(F)(F)F)CC1. The normalized spacial score (nSPS) is 15.4. The van der Waals surface area contributed by atoms with E-state index in [-0.39, 0.29) is 36.4 Å². The third-order valence-corrected chi connectivity index (χ3v) is 5.42. The van der Waals surface area contributed by atoms with E-state index in [1.807, 2.05) is 18.7 Å². The lowest BCUT2D eigenvalue weighted by atomic mass is 10.0. The molecule has 30 heavy (non-hydrogen) atoms. The number of pyridine rings is 1. The fourth-order valence-electron chi connectivity index (χ4n) is 3.76. The Hall–Kier alpha value is -2.68. The van der Waals surface area contributed by atoms with Gasteiger partial charge in [0, 0.05) is 50.9 Å². The van der Waals surface area contributed by atoms with Crippen molar-refractivity contribution in [3.8, 4) is 0 Å². The molecule has 0 N–H and O–H groups in total. The van der Waals surface area contributed by atoms with E-state index in [2.05, 4.69) is 4.98 Å². The van der Waals surface area contributed by atoms with Crippen LogP contribution in [0.4, 0.5) is 13.2 Å². The zero-order valence-electron chi connectivity index (χ0n) is 17.1. The number of carbonyl (C=O) groups is 2. The molecule has 0 atom stereocenters. The zero-order valence-corrected chi connectivity index (χ0v) is 17.1. The summed E-state index contributed by atoms with van der Waals surface area (Å²) in [7, 11) is 0. The molecule has 1 aliphatic heterocycles. The van der Waals surface area contributed by atoms with Gasteiger partial charge in [-0.15, -0.1) is 0 Å². The van der Waals surface area contributed by atoms with Gasteiger partial charge < -0.3 is 9.80 Å². The van der Waals surface area contributed by atoms with Gasteiger partial charge in [-0.2, -0.15) is 13.2 Å². The Labute approximate surface area is 173 Å². The number of carbonyl (C=O) groups excluding carboxylic acids is 2. The molecule has 6 nitrogen and oxygen atoms in total. The number of piperazine rings is 1. The summed E-state index contributed by atoms with van der Waals surface area (Å²) in [6.07, 6.45) is -3.66. The number of likely N-dealkylation sites (N-methyl/N-ethyl adjacent to an activating group) is 1. The van der Waals surface area contributed by atoms with Crippen molar-refractivity contribution < 1.29 is 22.8 Å². The highest BCUT2D eigenvalue weighted by Gasteiger charge is 2.39. The Morgan fingerprint density at radius 3 is 2.30 bits per heavy atom. The van der Waals surface area contributed by atoms with Gasteiger partial charge in [-0.1, -0.05) is 18.2 Å². The number of aromatic nitrogens is 1. The van der Waals surface area contributed by atoms with Gasteiger partial charge in [0.2, 0.25) is 5.91 Å². The van der Waals surface area contributed by atoms with E-state index < -0.39 is 23.2 Å². The molecule has 2 heterocycles. The summed E-state index contributed by atoms with van der Waals surface area (Å²) in [5.74, 6) is -0.673. The Bertz CT molecular complexity index is 920. The zero-order chi connectivity index (χ0) is 21.9. The first kappa shape index (κ1) is 22.0. The molecule has 2 amide bonds. The monoisotopic (exact) mass is 422 g/mol. The Morgan fingerprint density at radius 2 is 1.70 bits per heavy atom. The minimum atomic E-state index is -4.68. The molecule has 1 saturated heterocycles. The second-order valence-corrected chi connectivity index (χ2v) is 7.20. The van der Waals surface area contributed by atoms with Gasteiger partial charge in [-0.05, 0) is 19.9 Å². The van der Waals surface area contributed by atoms with Crippen LogP contribution in [-0.4, -0.2) is 77.3 Å². The van der Waals surface area contributed by atoms with Gasteiger partial charge in [0.1, 0.15) is 0 Å². The van der Waals surface area contributed by atoms with Crippen LogP contribution >= 0.6 is 0 Å². The average molecular weight is 422 g/mol. The lowest BCUT2D eigenvalue weighted by Crippen LogP contribution is -2.51. The van der Waals surface area contributed by atoms with Crippen molar-refractivity contribution in [2.45, 2.75) is 20.0 Å². The number of amides is 2. The Balaban J connectivity index is 1.76. The number of nitrogens with zero attached hydrogens (tertiary/aromatic N) is 4. The van der Waals surface area contributed by atoms with Crippen LogP contribution in [-0.2, 0) is 11.0 Å². The van der Waals surface area contributed by atoms with E-state index in [0.29, 0.717) is 26.2 Å². The molecule has 1 aromatic carbocycles. The maximum Gasteiger partial charge on any atom is 0.417 e. The number of fused-ring (bicyclic) bond motifs is 1. The van der Waals surface area contributed by atoms with Crippen molar-refractivity contribution >= 4 is 22.7 Å². The maximum atomic E-state index is 13.8. The molecule has 3 rings (SSSR count). The first-order valence-electron chi connectivity index (χ1n) is 10.0. The molecule has 1 aliphatic rings. The van der Waals surface area contributed by atoms with E-state index in [9.17, 15) is 22.8 Å². The summed E-state index contributed by atoms with van der Waals surface area (Å²) in [5.41, 5.74) is -1.19. The fraction of sp³-hybridized carbons (Fsp3) is 0.476. The maximum absolute atomic E-state index is 13.8.